The maximum atomic E-state index is 13.6. The average Bonchev–Trinajstić information content (AvgIpc) is 3.64. The molecule has 0 aliphatic carbocycles. The highest BCUT2D eigenvalue weighted by Crippen LogP contribution is 2.34. The molecule has 1 amide bonds. The van der Waals surface area contributed by atoms with Gasteiger partial charge < -0.3 is 0 Å². The molecule has 0 spiro atoms. The average molecular weight is 532 g/mol. The van der Waals surface area contributed by atoms with Crippen LogP contribution in [0.2, 0.25) is 0 Å². The number of thiophene rings is 1. The fraction of sp³-hybridized carbons (Fsp3) is 0.0938. The molecule has 6 heteroatoms. The van der Waals surface area contributed by atoms with Gasteiger partial charge in [-0.2, -0.15) is 0 Å². The summed E-state index contributed by atoms with van der Waals surface area (Å²) in [5.41, 5.74) is 6.54. The van der Waals surface area contributed by atoms with Crippen LogP contribution >= 0.6 is 22.7 Å². The number of aryl methyl sites for hydroxylation is 1. The van der Waals surface area contributed by atoms with E-state index in [-0.39, 0.29) is 5.91 Å². The fourth-order valence-electron chi connectivity index (χ4n) is 4.56. The van der Waals surface area contributed by atoms with Crippen molar-refractivity contribution in [2.45, 2.75) is 19.8 Å². The molecule has 0 radical (unpaired) electrons. The van der Waals surface area contributed by atoms with Crippen molar-refractivity contribution in [2.24, 2.45) is 0 Å². The van der Waals surface area contributed by atoms with Crippen LogP contribution in [0.3, 0.4) is 0 Å². The zero-order valence-electron chi connectivity index (χ0n) is 20.8. The number of nitrogens with one attached hydrogen (secondary N) is 1. The number of anilines is 1. The van der Waals surface area contributed by atoms with E-state index in [1.165, 1.54) is 16.0 Å². The van der Waals surface area contributed by atoms with Crippen LogP contribution in [0.5, 0.6) is 0 Å². The molecule has 3 aromatic heterocycles. The fourth-order valence-corrected chi connectivity index (χ4v) is 6.32. The van der Waals surface area contributed by atoms with Gasteiger partial charge >= 0.3 is 0 Å². The first kappa shape index (κ1) is 24.2. The van der Waals surface area contributed by atoms with E-state index in [9.17, 15) is 4.79 Å². The normalized spacial score (nSPS) is 11.1. The first-order chi connectivity index (χ1) is 18.7. The number of thiazole rings is 1. The Kier molecular flexibility index (Phi) is 6.82. The van der Waals surface area contributed by atoms with Gasteiger partial charge in [-0.25, -0.2) is 9.97 Å². The monoisotopic (exact) mass is 531 g/mol. The Labute approximate surface area is 229 Å². The van der Waals surface area contributed by atoms with Gasteiger partial charge in [0.2, 0.25) is 0 Å². The van der Waals surface area contributed by atoms with Gasteiger partial charge in [-0.15, -0.1) is 22.7 Å². The molecule has 1 N–H and O–H groups in total. The maximum Gasteiger partial charge on any atom is 0.258 e. The molecule has 0 saturated heterocycles. The van der Waals surface area contributed by atoms with Crippen molar-refractivity contribution < 1.29 is 4.79 Å². The molecular weight excluding hydrogens is 507 g/mol. The van der Waals surface area contributed by atoms with Crippen LogP contribution in [0.1, 0.15) is 28.6 Å². The molecule has 6 rings (SSSR count). The lowest BCUT2D eigenvalue weighted by molar-refractivity contribution is 0.102. The standard InChI is InChI=1S/C32H25N3OS2/c1-2-9-29-30(23-17-15-22(16-18-23)21-10-4-3-5-11-21)34-32(38-29)35-31(36)25-20-27(28-14-8-19-37-28)33-26-13-7-6-12-24(25)26/h3-8,10-20H,2,9H2,1H3,(H,34,35,36). The number of fused-ring (bicyclic) bond motifs is 1. The number of amides is 1. The Morgan fingerprint density at radius 1 is 0.816 bits per heavy atom. The van der Waals surface area contributed by atoms with Crippen molar-refractivity contribution in [3.05, 3.63) is 113 Å². The van der Waals surface area contributed by atoms with Crippen LogP contribution in [0.4, 0.5) is 5.13 Å². The van der Waals surface area contributed by atoms with Gasteiger partial charge in [0.1, 0.15) is 0 Å². The smallest absolute Gasteiger partial charge is 0.258 e. The quantitative estimate of drug-likeness (QED) is 0.224. The number of hydrogen-bond donors (Lipinski definition) is 1. The maximum absolute atomic E-state index is 13.6. The summed E-state index contributed by atoms with van der Waals surface area (Å²) in [5, 5.41) is 6.55. The topological polar surface area (TPSA) is 54.9 Å². The van der Waals surface area contributed by atoms with E-state index in [1.807, 2.05) is 66.0 Å². The summed E-state index contributed by atoms with van der Waals surface area (Å²) < 4.78 is 0. The lowest BCUT2D eigenvalue weighted by atomic mass is 10.0. The van der Waals surface area contributed by atoms with Crippen molar-refractivity contribution in [1.29, 1.82) is 0 Å². The second-order valence-corrected chi connectivity index (χ2v) is 11.0. The summed E-state index contributed by atoms with van der Waals surface area (Å²) in [6.07, 6.45) is 1.91. The number of aromatic nitrogens is 2. The zero-order valence-corrected chi connectivity index (χ0v) is 22.5. The molecule has 6 aromatic rings. The summed E-state index contributed by atoms with van der Waals surface area (Å²) in [7, 11) is 0. The van der Waals surface area contributed by atoms with Crippen LogP contribution in [-0.4, -0.2) is 15.9 Å². The summed E-state index contributed by atoms with van der Waals surface area (Å²) in [5.74, 6) is -0.177. The minimum atomic E-state index is -0.177. The predicted octanol–water partition coefficient (Wildman–Crippen LogP) is 8.96. The lowest BCUT2D eigenvalue weighted by Crippen LogP contribution is -2.13. The third kappa shape index (κ3) is 4.88. The van der Waals surface area contributed by atoms with E-state index in [0.717, 1.165) is 45.6 Å². The Hall–Kier alpha value is -4.13. The first-order valence-electron chi connectivity index (χ1n) is 12.6. The van der Waals surface area contributed by atoms with E-state index in [1.54, 1.807) is 22.7 Å². The Bertz CT molecular complexity index is 1710. The first-order valence-corrected chi connectivity index (χ1v) is 14.3. The van der Waals surface area contributed by atoms with E-state index in [4.69, 9.17) is 9.97 Å². The second kappa shape index (κ2) is 10.7. The Balaban J connectivity index is 1.33. The van der Waals surface area contributed by atoms with Crippen LogP contribution < -0.4 is 5.32 Å². The van der Waals surface area contributed by atoms with Crippen molar-refractivity contribution in [1.82, 2.24) is 9.97 Å². The summed E-state index contributed by atoms with van der Waals surface area (Å²) in [6.45, 7) is 2.16. The zero-order chi connectivity index (χ0) is 25.9. The predicted molar refractivity (Wildman–Crippen MR) is 160 cm³/mol. The number of carbonyl (C=O) groups is 1. The van der Waals surface area contributed by atoms with Crippen LogP contribution in [0.25, 0.3) is 43.9 Å². The molecule has 0 aliphatic heterocycles. The molecule has 0 unspecified atom stereocenters. The number of pyridine rings is 1. The molecule has 186 valence electrons. The lowest BCUT2D eigenvalue weighted by Gasteiger charge is -2.08. The highest BCUT2D eigenvalue weighted by molar-refractivity contribution is 7.16. The Morgan fingerprint density at radius 2 is 1.55 bits per heavy atom. The third-order valence-electron chi connectivity index (χ3n) is 6.39. The van der Waals surface area contributed by atoms with Gasteiger partial charge in [-0.1, -0.05) is 92.2 Å². The van der Waals surface area contributed by atoms with E-state index < -0.39 is 0 Å². The van der Waals surface area contributed by atoms with Gasteiger partial charge in [-0.05, 0) is 41.1 Å². The van der Waals surface area contributed by atoms with Crippen molar-refractivity contribution >= 4 is 44.6 Å². The van der Waals surface area contributed by atoms with Gasteiger partial charge in [0.15, 0.2) is 5.13 Å². The van der Waals surface area contributed by atoms with E-state index >= 15 is 0 Å². The highest BCUT2D eigenvalue weighted by Gasteiger charge is 2.18. The second-order valence-electron chi connectivity index (χ2n) is 8.99. The minimum Gasteiger partial charge on any atom is -0.298 e. The molecule has 0 atom stereocenters. The third-order valence-corrected chi connectivity index (χ3v) is 8.32. The molecule has 4 nitrogen and oxygen atoms in total. The van der Waals surface area contributed by atoms with Crippen molar-refractivity contribution in [3.8, 4) is 33.0 Å². The Morgan fingerprint density at radius 3 is 2.32 bits per heavy atom. The summed E-state index contributed by atoms with van der Waals surface area (Å²) in [4.78, 5) is 25.5. The molecule has 0 fully saturated rings. The summed E-state index contributed by atoms with van der Waals surface area (Å²) in [6, 6.07) is 32.5. The van der Waals surface area contributed by atoms with Gasteiger partial charge in [0.05, 0.1) is 27.3 Å². The number of para-hydroxylation sites is 1. The SMILES string of the molecule is CCCc1sc(NC(=O)c2cc(-c3cccs3)nc3ccccc23)nc1-c1ccc(-c2ccccc2)cc1. The van der Waals surface area contributed by atoms with Gasteiger partial charge in [0, 0.05) is 15.8 Å². The molecule has 38 heavy (non-hydrogen) atoms. The largest absolute Gasteiger partial charge is 0.298 e. The molecule has 3 aromatic carbocycles. The van der Waals surface area contributed by atoms with Crippen LogP contribution in [-0.2, 0) is 6.42 Å². The van der Waals surface area contributed by atoms with E-state index in [0.29, 0.717) is 10.7 Å². The number of rotatable bonds is 7. The molecule has 0 saturated carbocycles. The molecular formula is C32H25N3OS2. The molecule has 3 heterocycles. The van der Waals surface area contributed by atoms with Crippen LogP contribution in [0, 0.1) is 0 Å². The molecule has 0 aliphatic rings. The number of hydrogen-bond acceptors (Lipinski definition) is 5. The molecule has 0 bridgehead atoms. The van der Waals surface area contributed by atoms with Gasteiger partial charge in [0.25, 0.3) is 5.91 Å². The number of nitrogens with zero attached hydrogens (tertiary/aromatic N) is 2. The van der Waals surface area contributed by atoms with E-state index in [2.05, 4.69) is 48.6 Å². The number of carbonyl (C=O) groups excluding carboxylic acids is 1. The summed E-state index contributed by atoms with van der Waals surface area (Å²) >= 11 is 3.17. The van der Waals surface area contributed by atoms with Crippen LogP contribution in [0.15, 0.2) is 102 Å². The van der Waals surface area contributed by atoms with Crippen molar-refractivity contribution in [3.63, 3.8) is 0 Å². The highest BCUT2D eigenvalue weighted by atomic mass is 32.1. The number of benzene rings is 3. The van der Waals surface area contributed by atoms with Gasteiger partial charge in [-0.3, -0.25) is 10.1 Å². The minimum absolute atomic E-state index is 0.177. The van der Waals surface area contributed by atoms with Crippen molar-refractivity contribution in [2.75, 3.05) is 5.32 Å².